The lowest BCUT2D eigenvalue weighted by atomic mass is 9.93. The number of nitrogens with two attached hydrogens (primary N) is 2. The number of rotatable bonds is 4. The Hall–Kier alpha value is -2.18. The summed E-state index contributed by atoms with van der Waals surface area (Å²) >= 11 is 0. The molecule has 1 atom stereocenters. The second-order valence-corrected chi connectivity index (χ2v) is 5.18. The Kier molecular flexibility index (Phi) is 3.98. The van der Waals surface area contributed by atoms with E-state index in [0.717, 1.165) is 18.7 Å². The summed E-state index contributed by atoms with van der Waals surface area (Å²) in [6, 6.07) is 8.41. The third kappa shape index (κ3) is 3.12. The van der Waals surface area contributed by atoms with Crippen LogP contribution in [0.4, 0.5) is 11.8 Å². The summed E-state index contributed by atoms with van der Waals surface area (Å²) in [5.41, 5.74) is 14.8. The highest BCUT2D eigenvalue weighted by Gasteiger charge is 2.19. The Balaban J connectivity index is 1.61. The van der Waals surface area contributed by atoms with Crippen molar-refractivity contribution in [3.05, 3.63) is 47.2 Å². The molecule has 0 fully saturated rings. The number of hydrogen-bond donors (Lipinski definition) is 3. The lowest BCUT2D eigenvalue weighted by Crippen LogP contribution is -2.28. The van der Waals surface area contributed by atoms with Crippen molar-refractivity contribution >= 4 is 11.8 Å². The van der Waals surface area contributed by atoms with E-state index >= 15 is 0 Å². The fourth-order valence-electron chi connectivity index (χ4n) is 2.59. The number of anilines is 2. The molecule has 0 saturated carbocycles. The molecule has 0 bridgehead atoms. The van der Waals surface area contributed by atoms with Crippen LogP contribution in [0.3, 0.4) is 0 Å². The number of ether oxygens (including phenoxy) is 1. The maximum absolute atomic E-state index is 5.82. The molecule has 1 aromatic carbocycles. The van der Waals surface area contributed by atoms with E-state index in [1.54, 1.807) is 6.20 Å². The van der Waals surface area contributed by atoms with Crippen molar-refractivity contribution in [2.24, 2.45) is 0 Å². The lowest BCUT2D eigenvalue weighted by molar-refractivity contribution is 0.0906. The maximum Gasteiger partial charge on any atom is 0.221 e. The van der Waals surface area contributed by atoms with E-state index in [4.69, 9.17) is 16.2 Å². The van der Waals surface area contributed by atoms with Gasteiger partial charge in [-0.2, -0.15) is 4.98 Å². The number of aromatic nitrogens is 2. The largest absolute Gasteiger partial charge is 0.383 e. The molecule has 1 aromatic heterocycles. The zero-order chi connectivity index (χ0) is 14.7. The zero-order valence-electron chi connectivity index (χ0n) is 11.7. The van der Waals surface area contributed by atoms with Gasteiger partial charge in [0.15, 0.2) is 0 Å². The monoisotopic (exact) mass is 285 g/mol. The molecule has 5 N–H and O–H groups in total. The van der Waals surface area contributed by atoms with Gasteiger partial charge in [-0.15, -0.1) is 0 Å². The number of nitrogens with zero attached hydrogens (tertiary/aromatic N) is 2. The summed E-state index contributed by atoms with van der Waals surface area (Å²) in [6.45, 7) is 2.87. The molecule has 1 unspecified atom stereocenters. The Morgan fingerprint density at radius 2 is 2.14 bits per heavy atom. The van der Waals surface area contributed by atoms with Crippen molar-refractivity contribution in [2.45, 2.75) is 19.1 Å². The quantitative estimate of drug-likeness (QED) is 0.776. The Labute approximate surface area is 123 Å². The summed E-state index contributed by atoms with van der Waals surface area (Å²) in [6.07, 6.45) is 1.66. The van der Waals surface area contributed by atoms with Crippen LogP contribution < -0.4 is 16.8 Å². The summed E-state index contributed by atoms with van der Waals surface area (Å²) in [7, 11) is 0. The van der Waals surface area contributed by atoms with Crippen LogP contribution in [0.15, 0.2) is 30.5 Å². The molecule has 0 radical (unpaired) electrons. The van der Waals surface area contributed by atoms with Gasteiger partial charge < -0.3 is 21.5 Å². The van der Waals surface area contributed by atoms with Crippen molar-refractivity contribution in [1.29, 1.82) is 0 Å². The molecule has 6 nitrogen and oxygen atoms in total. The fraction of sp³-hybridized carbons (Fsp3) is 0.333. The van der Waals surface area contributed by atoms with Crippen LogP contribution in [0, 0.1) is 0 Å². The third-order valence-electron chi connectivity index (χ3n) is 3.69. The SMILES string of the molecule is Nc1ncc(CNCC2COCc3ccccc32)c(N)n1. The molecule has 0 aliphatic carbocycles. The van der Waals surface area contributed by atoms with Crippen molar-refractivity contribution in [3.8, 4) is 0 Å². The van der Waals surface area contributed by atoms with Crippen LogP contribution in [0.2, 0.25) is 0 Å². The van der Waals surface area contributed by atoms with E-state index in [0.29, 0.717) is 24.9 Å². The van der Waals surface area contributed by atoms with Gasteiger partial charge >= 0.3 is 0 Å². The molecular weight excluding hydrogens is 266 g/mol. The highest BCUT2D eigenvalue weighted by atomic mass is 16.5. The smallest absolute Gasteiger partial charge is 0.221 e. The van der Waals surface area contributed by atoms with Gasteiger partial charge in [0.1, 0.15) is 5.82 Å². The minimum absolute atomic E-state index is 0.200. The van der Waals surface area contributed by atoms with E-state index in [2.05, 4.69) is 33.5 Å². The second-order valence-electron chi connectivity index (χ2n) is 5.18. The summed E-state index contributed by atoms with van der Waals surface area (Å²) in [5, 5.41) is 3.39. The van der Waals surface area contributed by atoms with E-state index in [1.807, 2.05) is 6.07 Å². The molecule has 1 aliphatic heterocycles. The van der Waals surface area contributed by atoms with Crippen LogP contribution in [-0.2, 0) is 17.9 Å². The Morgan fingerprint density at radius 1 is 1.29 bits per heavy atom. The van der Waals surface area contributed by atoms with Crippen LogP contribution in [0.1, 0.15) is 22.6 Å². The first-order valence-electron chi connectivity index (χ1n) is 6.97. The molecule has 2 heterocycles. The first-order chi connectivity index (χ1) is 10.2. The van der Waals surface area contributed by atoms with E-state index in [-0.39, 0.29) is 5.95 Å². The topological polar surface area (TPSA) is 99.1 Å². The van der Waals surface area contributed by atoms with Crippen LogP contribution in [0.5, 0.6) is 0 Å². The fourth-order valence-corrected chi connectivity index (χ4v) is 2.59. The number of benzene rings is 1. The van der Waals surface area contributed by atoms with Crippen molar-refractivity contribution in [1.82, 2.24) is 15.3 Å². The summed E-state index contributed by atoms with van der Waals surface area (Å²) in [5.74, 6) is 0.979. The average molecular weight is 285 g/mol. The average Bonchev–Trinajstić information content (AvgIpc) is 2.50. The highest BCUT2D eigenvalue weighted by molar-refractivity contribution is 5.41. The van der Waals surface area contributed by atoms with Gasteiger partial charge in [0, 0.05) is 30.8 Å². The van der Waals surface area contributed by atoms with Crippen LogP contribution >= 0.6 is 0 Å². The molecule has 0 spiro atoms. The standard InChI is InChI=1S/C15H19N5O/c16-14-11(7-19-15(17)20-14)5-18-6-12-9-21-8-10-3-1-2-4-13(10)12/h1-4,7,12,18H,5-6,8-9H2,(H4,16,17,19,20). The van der Waals surface area contributed by atoms with Crippen LogP contribution in [0.25, 0.3) is 0 Å². The Morgan fingerprint density at radius 3 is 3.00 bits per heavy atom. The highest BCUT2D eigenvalue weighted by Crippen LogP contribution is 2.25. The molecule has 2 aromatic rings. The molecular formula is C15H19N5O. The zero-order valence-corrected chi connectivity index (χ0v) is 11.7. The van der Waals surface area contributed by atoms with E-state index in [9.17, 15) is 0 Å². The normalized spacial score (nSPS) is 17.4. The lowest BCUT2D eigenvalue weighted by Gasteiger charge is -2.26. The van der Waals surface area contributed by atoms with Crippen molar-refractivity contribution in [2.75, 3.05) is 24.6 Å². The molecule has 0 amide bonds. The predicted molar refractivity (Wildman–Crippen MR) is 81.4 cm³/mol. The van der Waals surface area contributed by atoms with Gasteiger partial charge in [0.2, 0.25) is 5.95 Å². The minimum Gasteiger partial charge on any atom is -0.383 e. The van der Waals surface area contributed by atoms with Crippen molar-refractivity contribution < 1.29 is 4.74 Å². The maximum atomic E-state index is 5.82. The molecule has 0 saturated heterocycles. The number of hydrogen-bond acceptors (Lipinski definition) is 6. The third-order valence-corrected chi connectivity index (χ3v) is 3.69. The van der Waals surface area contributed by atoms with Crippen LogP contribution in [-0.4, -0.2) is 23.1 Å². The first-order valence-corrected chi connectivity index (χ1v) is 6.97. The van der Waals surface area contributed by atoms with Gasteiger partial charge in [-0.3, -0.25) is 0 Å². The van der Waals surface area contributed by atoms with Gasteiger partial charge in [-0.05, 0) is 11.1 Å². The first kappa shape index (κ1) is 13.8. The summed E-state index contributed by atoms with van der Waals surface area (Å²) in [4.78, 5) is 7.92. The summed E-state index contributed by atoms with van der Waals surface area (Å²) < 4.78 is 5.64. The van der Waals surface area contributed by atoms with Gasteiger partial charge in [0.05, 0.1) is 13.2 Å². The predicted octanol–water partition coefficient (Wildman–Crippen LogP) is 1.04. The van der Waals surface area contributed by atoms with Gasteiger partial charge in [-0.1, -0.05) is 24.3 Å². The van der Waals surface area contributed by atoms with Gasteiger partial charge in [-0.25, -0.2) is 4.98 Å². The van der Waals surface area contributed by atoms with Gasteiger partial charge in [0.25, 0.3) is 0 Å². The van der Waals surface area contributed by atoms with E-state index in [1.165, 1.54) is 11.1 Å². The van der Waals surface area contributed by atoms with E-state index < -0.39 is 0 Å². The molecule has 1 aliphatic rings. The minimum atomic E-state index is 0.200. The molecule has 21 heavy (non-hydrogen) atoms. The molecule has 110 valence electrons. The van der Waals surface area contributed by atoms with Crippen molar-refractivity contribution in [3.63, 3.8) is 0 Å². The molecule has 3 rings (SSSR count). The Bertz CT molecular complexity index is 631. The second kappa shape index (κ2) is 6.07. The molecule has 6 heteroatoms. The number of fused-ring (bicyclic) bond motifs is 1. The number of nitrogens with one attached hydrogen (secondary N) is 1. The number of nitrogen functional groups attached to an aromatic ring is 2.